The molecule has 198 valence electrons. The van der Waals surface area contributed by atoms with Crippen LogP contribution in [0.25, 0.3) is 23.0 Å². The number of thiocarbonyl (C=S) groups is 1. The Morgan fingerprint density at radius 3 is 2.33 bits per heavy atom. The normalized spacial score (nSPS) is 14.1. The molecule has 0 radical (unpaired) electrons. The van der Waals surface area contributed by atoms with Crippen LogP contribution < -0.4 is 14.8 Å². The second kappa shape index (κ2) is 12.0. The molecular formula is C31H30N4O3S. The van der Waals surface area contributed by atoms with Crippen molar-refractivity contribution in [3.05, 3.63) is 102 Å². The fraction of sp³-hybridized carbons (Fsp3) is 0.194. The molecule has 0 spiro atoms. The smallest absolute Gasteiger partial charge is 0.276 e. The van der Waals surface area contributed by atoms with Gasteiger partial charge in [-0.15, -0.1) is 0 Å². The van der Waals surface area contributed by atoms with E-state index in [1.165, 1.54) is 0 Å². The van der Waals surface area contributed by atoms with E-state index in [9.17, 15) is 4.79 Å². The van der Waals surface area contributed by atoms with Crippen molar-refractivity contribution >= 4 is 29.3 Å². The Balaban J connectivity index is 1.38. The Kier molecular flexibility index (Phi) is 8.03. The molecule has 39 heavy (non-hydrogen) atoms. The molecule has 1 N–H and O–H groups in total. The molecule has 0 atom stereocenters. The van der Waals surface area contributed by atoms with Crippen LogP contribution in [-0.4, -0.2) is 45.5 Å². The first kappa shape index (κ1) is 26.2. The first-order valence-corrected chi connectivity index (χ1v) is 13.4. The van der Waals surface area contributed by atoms with Crippen molar-refractivity contribution in [2.45, 2.75) is 20.3 Å². The van der Waals surface area contributed by atoms with E-state index >= 15 is 0 Å². The van der Waals surface area contributed by atoms with Gasteiger partial charge in [0.25, 0.3) is 5.91 Å². The highest BCUT2D eigenvalue weighted by Crippen LogP contribution is 2.30. The standard InChI is InChI=1S/C31H30N4O3S/c1-3-37-27-16-15-22(19-28(27)38-4-2)17-18-34-30(36)26(32-31(34)39)20-24-21-35(25-13-9-6-10-14-25)33-29(24)23-11-7-5-8-12-23/h5-16,19-21H,3-4,17-18H2,1-2H3,(H,32,39)/b26-20+. The fourth-order valence-electron chi connectivity index (χ4n) is 4.45. The highest BCUT2D eigenvalue weighted by atomic mass is 32.1. The zero-order valence-corrected chi connectivity index (χ0v) is 22.8. The van der Waals surface area contributed by atoms with Crippen LogP contribution >= 0.6 is 12.2 Å². The Bertz CT molecular complexity index is 1500. The molecule has 1 fully saturated rings. The number of amides is 1. The van der Waals surface area contributed by atoms with Crippen LogP contribution in [0.4, 0.5) is 0 Å². The lowest BCUT2D eigenvalue weighted by atomic mass is 10.1. The van der Waals surface area contributed by atoms with Gasteiger partial charge in [0, 0.05) is 23.9 Å². The van der Waals surface area contributed by atoms with Gasteiger partial charge in [0.1, 0.15) is 11.4 Å². The van der Waals surface area contributed by atoms with E-state index in [4.69, 9.17) is 26.8 Å². The van der Waals surface area contributed by atoms with Gasteiger partial charge in [-0.25, -0.2) is 4.68 Å². The number of para-hydroxylation sites is 1. The van der Waals surface area contributed by atoms with E-state index in [1.54, 1.807) is 4.90 Å². The average Bonchev–Trinajstić information content (AvgIpc) is 3.50. The van der Waals surface area contributed by atoms with Crippen molar-refractivity contribution < 1.29 is 14.3 Å². The number of nitrogens with one attached hydrogen (secondary N) is 1. The summed E-state index contributed by atoms with van der Waals surface area (Å²) in [6.45, 7) is 5.43. The fourth-order valence-corrected chi connectivity index (χ4v) is 4.73. The average molecular weight is 539 g/mol. The summed E-state index contributed by atoms with van der Waals surface area (Å²) in [6.07, 6.45) is 4.38. The second-order valence-electron chi connectivity index (χ2n) is 8.92. The number of rotatable bonds is 10. The van der Waals surface area contributed by atoms with Gasteiger partial charge in [-0.2, -0.15) is 5.10 Å². The maximum absolute atomic E-state index is 13.4. The Hall–Kier alpha value is -4.43. The second-order valence-corrected chi connectivity index (χ2v) is 9.31. The van der Waals surface area contributed by atoms with Crippen LogP contribution in [-0.2, 0) is 11.2 Å². The van der Waals surface area contributed by atoms with Crippen LogP contribution in [0.3, 0.4) is 0 Å². The highest BCUT2D eigenvalue weighted by Gasteiger charge is 2.31. The molecule has 0 aliphatic carbocycles. The molecule has 1 saturated heterocycles. The van der Waals surface area contributed by atoms with E-state index in [0.717, 1.165) is 28.1 Å². The molecular weight excluding hydrogens is 508 g/mol. The zero-order valence-electron chi connectivity index (χ0n) is 22.0. The van der Waals surface area contributed by atoms with Crippen molar-refractivity contribution in [2.75, 3.05) is 19.8 Å². The number of hydrogen-bond acceptors (Lipinski definition) is 5. The maximum atomic E-state index is 13.4. The predicted molar refractivity (Wildman–Crippen MR) is 157 cm³/mol. The van der Waals surface area contributed by atoms with Crippen LogP contribution in [0, 0.1) is 0 Å². The van der Waals surface area contributed by atoms with Crippen LogP contribution in [0.2, 0.25) is 0 Å². The highest BCUT2D eigenvalue weighted by molar-refractivity contribution is 7.80. The van der Waals surface area contributed by atoms with E-state index < -0.39 is 0 Å². The van der Waals surface area contributed by atoms with Crippen LogP contribution in [0.15, 0.2) is 90.8 Å². The van der Waals surface area contributed by atoms with Gasteiger partial charge in [0.15, 0.2) is 16.6 Å². The van der Waals surface area contributed by atoms with Crippen molar-refractivity contribution in [3.8, 4) is 28.4 Å². The van der Waals surface area contributed by atoms with E-state index in [1.807, 2.05) is 110 Å². The van der Waals surface area contributed by atoms with Gasteiger partial charge in [-0.05, 0) is 68.4 Å². The van der Waals surface area contributed by atoms with Crippen molar-refractivity contribution in [1.82, 2.24) is 20.0 Å². The monoisotopic (exact) mass is 538 g/mol. The molecule has 7 nitrogen and oxygen atoms in total. The van der Waals surface area contributed by atoms with Gasteiger partial charge in [-0.1, -0.05) is 54.6 Å². The SMILES string of the molecule is CCOc1ccc(CCN2C(=O)/C(=C\c3cn(-c4ccccc4)nc3-c3ccccc3)NC2=S)cc1OCC. The molecule has 4 aromatic rings. The third-order valence-electron chi connectivity index (χ3n) is 6.30. The molecule has 1 aliphatic rings. The molecule has 5 rings (SSSR count). The summed E-state index contributed by atoms with van der Waals surface area (Å²) in [5, 5.41) is 8.34. The molecule has 0 unspecified atom stereocenters. The summed E-state index contributed by atoms with van der Waals surface area (Å²) >= 11 is 5.54. The lowest BCUT2D eigenvalue weighted by Crippen LogP contribution is -2.32. The number of nitrogens with zero attached hydrogens (tertiary/aromatic N) is 3. The topological polar surface area (TPSA) is 68.6 Å². The molecule has 8 heteroatoms. The minimum atomic E-state index is -0.164. The summed E-state index contributed by atoms with van der Waals surface area (Å²) in [5.41, 5.74) is 4.95. The molecule has 3 aromatic carbocycles. The lowest BCUT2D eigenvalue weighted by Gasteiger charge is -2.15. The van der Waals surface area contributed by atoms with E-state index in [0.29, 0.717) is 48.5 Å². The summed E-state index contributed by atoms with van der Waals surface area (Å²) in [6, 6.07) is 25.7. The summed E-state index contributed by atoms with van der Waals surface area (Å²) in [5.74, 6) is 1.25. The number of ether oxygens (including phenoxy) is 2. The minimum Gasteiger partial charge on any atom is -0.490 e. The predicted octanol–water partition coefficient (Wildman–Crippen LogP) is 5.64. The van der Waals surface area contributed by atoms with Crippen LogP contribution in [0.5, 0.6) is 11.5 Å². The van der Waals surface area contributed by atoms with Gasteiger partial charge in [0.05, 0.1) is 18.9 Å². The third kappa shape index (κ3) is 5.86. The molecule has 0 bridgehead atoms. The number of carbonyl (C=O) groups is 1. The third-order valence-corrected chi connectivity index (χ3v) is 6.63. The maximum Gasteiger partial charge on any atom is 0.276 e. The molecule has 1 aromatic heterocycles. The lowest BCUT2D eigenvalue weighted by molar-refractivity contribution is -0.122. The number of hydrogen-bond donors (Lipinski definition) is 1. The molecule has 0 saturated carbocycles. The van der Waals surface area contributed by atoms with Gasteiger partial charge in [0.2, 0.25) is 0 Å². The van der Waals surface area contributed by atoms with Gasteiger partial charge < -0.3 is 14.8 Å². The van der Waals surface area contributed by atoms with Crippen molar-refractivity contribution in [1.29, 1.82) is 0 Å². The molecule has 1 amide bonds. The van der Waals surface area contributed by atoms with Crippen LogP contribution in [0.1, 0.15) is 25.0 Å². The number of carbonyl (C=O) groups excluding carboxylic acids is 1. The summed E-state index contributed by atoms with van der Waals surface area (Å²) < 4.78 is 13.2. The van der Waals surface area contributed by atoms with Crippen molar-refractivity contribution in [3.63, 3.8) is 0 Å². The van der Waals surface area contributed by atoms with Gasteiger partial charge >= 0.3 is 0 Å². The first-order chi connectivity index (χ1) is 19.1. The Morgan fingerprint density at radius 2 is 1.62 bits per heavy atom. The summed E-state index contributed by atoms with van der Waals surface area (Å²) in [7, 11) is 0. The number of aromatic nitrogens is 2. The van der Waals surface area contributed by atoms with Gasteiger partial charge in [-0.3, -0.25) is 9.69 Å². The van der Waals surface area contributed by atoms with E-state index in [2.05, 4.69) is 5.32 Å². The molecule has 1 aliphatic heterocycles. The zero-order chi connectivity index (χ0) is 27.2. The largest absolute Gasteiger partial charge is 0.490 e. The minimum absolute atomic E-state index is 0.164. The van der Waals surface area contributed by atoms with Crippen molar-refractivity contribution in [2.24, 2.45) is 0 Å². The first-order valence-electron chi connectivity index (χ1n) is 13.0. The van der Waals surface area contributed by atoms with E-state index in [-0.39, 0.29) is 5.91 Å². The molecule has 2 heterocycles. The Morgan fingerprint density at radius 1 is 0.923 bits per heavy atom. The summed E-state index contributed by atoms with van der Waals surface area (Å²) in [4.78, 5) is 15.0. The number of benzene rings is 3. The Labute approximate surface area is 233 Å². The quantitative estimate of drug-likeness (QED) is 0.208.